The fourth-order valence-corrected chi connectivity index (χ4v) is 2.06. The molecule has 1 aromatic heterocycles. The molecular formula is C12H11ClO4. The van der Waals surface area contributed by atoms with E-state index in [1.807, 2.05) is 13.0 Å². The van der Waals surface area contributed by atoms with Crippen LogP contribution in [0.3, 0.4) is 0 Å². The number of hydrogen-bond acceptors (Lipinski definition) is 3. The number of aromatic carboxylic acids is 1. The summed E-state index contributed by atoms with van der Waals surface area (Å²) in [6.07, 6.45) is 0. The number of methoxy groups -OCH3 is 1. The summed E-state index contributed by atoms with van der Waals surface area (Å²) in [5, 5.41) is 10.2. The Morgan fingerprint density at radius 3 is 2.82 bits per heavy atom. The van der Waals surface area contributed by atoms with Crippen LogP contribution in [0.25, 0.3) is 11.0 Å². The van der Waals surface area contributed by atoms with Gasteiger partial charge in [-0.05, 0) is 18.6 Å². The number of carbonyl (C=O) groups is 1. The van der Waals surface area contributed by atoms with Gasteiger partial charge in [0.05, 0.1) is 11.6 Å². The number of benzene rings is 1. The predicted molar refractivity (Wildman–Crippen MR) is 63.6 cm³/mol. The highest BCUT2D eigenvalue weighted by Gasteiger charge is 2.22. The Bertz CT molecular complexity index is 586. The Hall–Kier alpha value is -1.52. The maximum Gasteiger partial charge on any atom is 0.372 e. The van der Waals surface area contributed by atoms with Crippen molar-refractivity contribution < 1.29 is 19.1 Å². The van der Waals surface area contributed by atoms with Gasteiger partial charge in [0.1, 0.15) is 0 Å². The van der Waals surface area contributed by atoms with Gasteiger partial charge in [0, 0.05) is 18.1 Å². The maximum absolute atomic E-state index is 11.1. The van der Waals surface area contributed by atoms with Gasteiger partial charge in [0.15, 0.2) is 5.58 Å². The molecule has 0 saturated heterocycles. The summed E-state index contributed by atoms with van der Waals surface area (Å²) in [5.41, 5.74) is 1.83. The molecule has 0 spiro atoms. The fourth-order valence-electron chi connectivity index (χ4n) is 1.86. The number of ether oxygens (including phenoxy) is 1. The molecule has 0 atom stereocenters. The third kappa shape index (κ3) is 1.90. The topological polar surface area (TPSA) is 59.7 Å². The average Bonchev–Trinajstić information content (AvgIpc) is 2.65. The van der Waals surface area contributed by atoms with E-state index in [4.69, 9.17) is 25.9 Å². The molecule has 0 aliphatic heterocycles. The molecule has 0 unspecified atom stereocenters. The van der Waals surface area contributed by atoms with Crippen molar-refractivity contribution in [3.8, 4) is 0 Å². The highest BCUT2D eigenvalue weighted by molar-refractivity contribution is 6.35. The second kappa shape index (κ2) is 4.39. The summed E-state index contributed by atoms with van der Waals surface area (Å²) in [6, 6.07) is 3.51. The lowest BCUT2D eigenvalue weighted by Crippen LogP contribution is -2.00. The molecule has 0 saturated carbocycles. The first kappa shape index (κ1) is 12.0. The van der Waals surface area contributed by atoms with Gasteiger partial charge in [-0.15, -0.1) is 0 Å². The Balaban J connectivity index is 2.84. The number of carboxylic acids is 1. The Labute approximate surface area is 103 Å². The van der Waals surface area contributed by atoms with E-state index in [1.165, 1.54) is 7.11 Å². The van der Waals surface area contributed by atoms with Crippen molar-refractivity contribution in [3.63, 3.8) is 0 Å². The number of aryl methyl sites for hydroxylation is 1. The van der Waals surface area contributed by atoms with Gasteiger partial charge in [-0.1, -0.05) is 17.7 Å². The van der Waals surface area contributed by atoms with E-state index in [1.54, 1.807) is 6.07 Å². The van der Waals surface area contributed by atoms with E-state index in [9.17, 15) is 4.79 Å². The fraction of sp³-hybridized carbons (Fsp3) is 0.250. The van der Waals surface area contributed by atoms with E-state index in [-0.39, 0.29) is 12.4 Å². The molecule has 0 aliphatic rings. The Morgan fingerprint density at radius 1 is 1.53 bits per heavy atom. The van der Waals surface area contributed by atoms with Crippen LogP contribution in [-0.4, -0.2) is 18.2 Å². The van der Waals surface area contributed by atoms with E-state index < -0.39 is 5.97 Å². The molecule has 0 amide bonds. The molecule has 1 aromatic carbocycles. The number of carboxylic acid groups (broad SMARTS) is 1. The third-order valence-corrected chi connectivity index (χ3v) is 2.88. The molecular weight excluding hydrogens is 244 g/mol. The molecule has 0 bridgehead atoms. The van der Waals surface area contributed by atoms with E-state index in [0.29, 0.717) is 16.2 Å². The van der Waals surface area contributed by atoms with Crippen LogP contribution in [0.4, 0.5) is 0 Å². The van der Waals surface area contributed by atoms with Crippen LogP contribution in [0.2, 0.25) is 5.02 Å². The Morgan fingerprint density at radius 2 is 2.24 bits per heavy atom. The summed E-state index contributed by atoms with van der Waals surface area (Å²) < 4.78 is 10.3. The van der Waals surface area contributed by atoms with Crippen molar-refractivity contribution in [2.75, 3.05) is 7.11 Å². The van der Waals surface area contributed by atoms with E-state index >= 15 is 0 Å². The Kier molecular flexibility index (Phi) is 3.09. The van der Waals surface area contributed by atoms with Crippen LogP contribution in [0.5, 0.6) is 0 Å². The lowest BCUT2D eigenvalue weighted by molar-refractivity contribution is 0.0658. The summed E-state index contributed by atoms with van der Waals surface area (Å²) in [5.74, 6) is -1.23. The standard InChI is InChI=1S/C12H11ClO4/c1-6-3-4-8(13)11-9(6)7(5-16-2)10(17-11)12(14)15/h3-4H,5H2,1-2H3,(H,14,15). The van der Waals surface area contributed by atoms with Gasteiger partial charge < -0.3 is 14.3 Å². The van der Waals surface area contributed by atoms with Crippen molar-refractivity contribution in [2.45, 2.75) is 13.5 Å². The zero-order chi connectivity index (χ0) is 12.6. The zero-order valence-corrected chi connectivity index (χ0v) is 10.2. The molecule has 0 aliphatic carbocycles. The van der Waals surface area contributed by atoms with Crippen LogP contribution in [0.1, 0.15) is 21.7 Å². The molecule has 1 heterocycles. The van der Waals surface area contributed by atoms with Crippen LogP contribution < -0.4 is 0 Å². The second-order valence-corrected chi connectivity index (χ2v) is 4.12. The van der Waals surface area contributed by atoms with E-state index in [0.717, 1.165) is 10.9 Å². The lowest BCUT2D eigenvalue weighted by atomic mass is 10.1. The highest BCUT2D eigenvalue weighted by Crippen LogP contribution is 2.34. The first-order chi connectivity index (χ1) is 8.06. The van der Waals surface area contributed by atoms with Crippen LogP contribution in [-0.2, 0) is 11.3 Å². The predicted octanol–water partition coefficient (Wildman–Crippen LogP) is 3.24. The van der Waals surface area contributed by atoms with Gasteiger partial charge in [-0.25, -0.2) is 4.79 Å². The van der Waals surface area contributed by atoms with Crippen molar-refractivity contribution in [1.82, 2.24) is 0 Å². The average molecular weight is 255 g/mol. The second-order valence-electron chi connectivity index (χ2n) is 3.72. The highest BCUT2D eigenvalue weighted by atomic mass is 35.5. The molecule has 0 radical (unpaired) electrons. The van der Waals surface area contributed by atoms with Crippen molar-refractivity contribution in [1.29, 1.82) is 0 Å². The third-order valence-electron chi connectivity index (χ3n) is 2.58. The molecule has 5 heteroatoms. The van der Waals surface area contributed by atoms with Crippen molar-refractivity contribution in [3.05, 3.63) is 34.0 Å². The minimum atomic E-state index is -1.12. The summed E-state index contributed by atoms with van der Waals surface area (Å²) in [6.45, 7) is 2.05. The molecule has 17 heavy (non-hydrogen) atoms. The number of furan rings is 1. The largest absolute Gasteiger partial charge is 0.475 e. The number of rotatable bonds is 3. The normalized spacial score (nSPS) is 11.0. The summed E-state index contributed by atoms with van der Waals surface area (Å²) in [4.78, 5) is 11.1. The minimum Gasteiger partial charge on any atom is -0.475 e. The maximum atomic E-state index is 11.1. The molecule has 1 N–H and O–H groups in total. The van der Waals surface area contributed by atoms with Gasteiger partial charge in [-0.2, -0.15) is 0 Å². The number of fused-ring (bicyclic) bond motifs is 1. The number of halogens is 1. The summed E-state index contributed by atoms with van der Waals surface area (Å²) >= 11 is 5.99. The lowest BCUT2D eigenvalue weighted by Gasteiger charge is -2.01. The van der Waals surface area contributed by atoms with Crippen LogP contribution in [0, 0.1) is 6.92 Å². The summed E-state index contributed by atoms with van der Waals surface area (Å²) in [7, 11) is 1.50. The van der Waals surface area contributed by atoms with Gasteiger partial charge in [-0.3, -0.25) is 0 Å². The van der Waals surface area contributed by atoms with Gasteiger partial charge in [0.25, 0.3) is 0 Å². The zero-order valence-electron chi connectivity index (χ0n) is 9.41. The quantitative estimate of drug-likeness (QED) is 0.913. The first-order valence-corrected chi connectivity index (χ1v) is 5.36. The number of hydrogen-bond donors (Lipinski definition) is 1. The molecule has 2 rings (SSSR count). The van der Waals surface area contributed by atoms with Crippen LogP contribution >= 0.6 is 11.6 Å². The first-order valence-electron chi connectivity index (χ1n) is 4.99. The molecule has 0 fully saturated rings. The van der Waals surface area contributed by atoms with Gasteiger partial charge in [0.2, 0.25) is 5.76 Å². The minimum absolute atomic E-state index is 0.113. The van der Waals surface area contributed by atoms with Crippen molar-refractivity contribution in [2.24, 2.45) is 0 Å². The molecule has 4 nitrogen and oxygen atoms in total. The molecule has 90 valence electrons. The van der Waals surface area contributed by atoms with Gasteiger partial charge >= 0.3 is 5.97 Å². The van der Waals surface area contributed by atoms with Crippen LogP contribution in [0.15, 0.2) is 16.5 Å². The SMILES string of the molecule is COCc1c(C(=O)O)oc2c(Cl)ccc(C)c12. The van der Waals surface area contributed by atoms with E-state index in [2.05, 4.69) is 0 Å². The monoisotopic (exact) mass is 254 g/mol. The smallest absolute Gasteiger partial charge is 0.372 e. The molecule has 2 aromatic rings. The van der Waals surface area contributed by atoms with Crippen molar-refractivity contribution >= 4 is 28.5 Å².